The summed E-state index contributed by atoms with van der Waals surface area (Å²) in [5.74, 6) is -1.48. The quantitative estimate of drug-likeness (QED) is 0.591. The van der Waals surface area contributed by atoms with Crippen LogP contribution >= 0.6 is 0 Å². The van der Waals surface area contributed by atoms with Crippen LogP contribution in [0.3, 0.4) is 0 Å². The number of carbonyl (C=O) groups is 1. The first-order valence-corrected chi connectivity index (χ1v) is 11.4. The molecule has 0 saturated carbocycles. The minimum atomic E-state index is -4.66. The lowest BCUT2D eigenvalue weighted by Crippen LogP contribution is -2.37. The third-order valence-electron chi connectivity index (χ3n) is 4.14. The van der Waals surface area contributed by atoms with E-state index in [-0.39, 0.29) is 24.8 Å². The van der Waals surface area contributed by atoms with Crippen molar-refractivity contribution in [3.63, 3.8) is 0 Å². The van der Waals surface area contributed by atoms with Gasteiger partial charge in [0, 0.05) is 0 Å². The van der Waals surface area contributed by atoms with Gasteiger partial charge in [0.15, 0.2) is 0 Å². The molecule has 3 aromatic rings. The third-order valence-corrected chi connectivity index (χ3v) is 8.32. The molecule has 0 fully saturated rings. The number of ether oxygens (including phenoxy) is 1. The zero-order chi connectivity index (χ0) is 21.9. The minimum absolute atomic E-state index is 0.126. The molecule has 0 spiro atoms. The Balaban J connectivity index is 2.38. The summed E-state index contributed by atoms with van der Waals surface area (Å²) < 4.78 is 59.1. The fraction of sp³-hybridized carbons (Fsp3) is 0.0500. The second-order valence-electron chi connectivity index (χ2n) is 6.03. The molecule has 0 aliphatic heterocycles. The van der Waals surface area contributed by atoms with E-state index in [1.165, 1.54) is 67.8 Å². The lowest BCUT2D eigenvalue weighted by molar-refractivity contribution is 0.0697. The van der Waals surface area contributed by atoms with Gasteiger partial charge in [0.25, 0.3) is 20.0 Å². The highest BCUT2D eigenvalue weighted by Crippen LogP contribution is 2.37. The maximum absolute atomic E-state index is 13.4. The van der Waals surface area contributed by atoms with Gasteiger partial charge in [-0.05, 0) is 42.5 Å². The largest absolute Gasteiger partial charge is 0.495 e. The lowest BCUT2D eigenvalue weighted by Gasteiger charge is -2.25. The molecule has 0 radical (unpaired) electrons. The monoisotopic (exact) mass is 447 g/mol. The van der Waals surface area contributed by atoms with Crippen LogP contribution in [0.15, 0.2) is 88.7 Å². The van der Waals surface area contributed by atoms with Gasteiger partial charge in [0.1, 0.15) is 11.4 Å². The first kappa shape index (κ1) is 21.3. The molecule has 30 heavy (non-hydrogen) atoms. The van der Waals surface area contributed by atoms with Gasteiger partial charge in [-0.1, -0.05) is 36.4 Å². The van der Waals surface area contributed by atoms with E-state index in [1.807, 2.05) is 0 Å². The van der Waals surface area contributed by atoms with Crippen LogP contribution in [-0.2, 0) is 20.0 Å². The Kier molecular flexibility index (Phi) is 5.81. The normalized spacial score (nSPS) is 11.6. The number of hydrogen-bond acceptors (Lipinski definition) is 6. The van der Waals surface area contributed by atoms with Gasteiger partial charge in [-0.15, -0.1) is 0 Å². The van der Waals surface area contributed by atoms with Crippen molar-refractivity contribution in [3.8, 4) is 5.75 Å². The second-order valence-corrected chi connectivity index (χ2v) is 9.83. The van der Waals surface area contributed by atoms with E-state index in [0.29, 0.717) is 0 Å². The van der Waals surface area contributed by atoms with Gasteiger partial charge in [0.2, 0.25) is 0 Å². The smallest absolute Gasteiger partial charge is 0.335 e. The molecule has 0 saturated heterocycles. The Bertz CT molecular complexity index is 1200. The number of nitrogens with zero attached hydrogens (tertiary/aromatic N) is 1. The van der Waals surface area contributed by atoms with Crippen LogP contribution in [-0.4, -0.2) is 35.0 Å². The number of aromatic carboxylic acids is 1. The van der Waals surface area contributed by atoms with Crippen molar-refractivity contribution in [2.24, 2.45) is 0 Å². The van der Waals surface area contributed by atoms with Crippen LogP contribution < -0.4 is 8.45 Å². The second kappa shape index (κ2) is 8.17. The van der Waals surface area contributed by atoms with E-state index >= 15 is 0 Å². The van der Waals surface area contributed by atoms with Crippen molar-refractivity contribution in [1.29, 1.82) is 0 Å². The van der Waals surface area contributed by atoms with Crippen molar-refractivity contribution in [1.82, 2.24) is 0 Å². The number of rotatable bonds is 7. The van der Waals surface area contributed by atoms with E-state index in [0.717, 1.165) is 6.07 Å². The van der Waals surface area contributed by atoms with Gasteiger partial charge < -0.3 is 9.84 Å². The molecule has 0 heterocycles. The topological polar surface area (TPSA) is 118 Å². The molecule has 156 valence electrons. The third kappa shape index (κ3) is 3.87. The summed E-state index contributed by atoms with van der Waals surface area (Å²) in [6, 6.07) is 17.3. The van der Waals surface area contributed by atoms with Gasteiger partial charge >= 0.3 is 5.97 Å². The van der Waals surface area contributed by atoms with Gasteiger partial charge in [0.05, 0.1) is 22.5 Å². The maximum Gasteiger partial charge on any atom is 0.335 e. The van der Waals surface area contributed by atoms with Crippen LogP contribution in [0.4, 0.5) is 5.69 Å². The Morgan fingerprint density at radius 3 is 1.67 bits per heavy atom. The Labute approximate surface area is 174 Å². The Hall–Kier alpha value is -3.37. The summed E-state index contributed by atoms with van der Waals surface area (Å²) in [7, 11) is -8.10. The predicted molar refractivity (Wildman–Crippen MR) is 110 cm³/mol. The summed E-state index contributed by atoms with van der Waals surface area (Å²) in [5, 5.41) is 9.34. The minimum Gasteiger partial charge on any atom is -0.495 e. The molecule has 3 rings (SSSR count). The summed E-state index contributed by atoms with van der Waals surface area (Å²) in [4.78, 5) is 10.9. The van der Waals surface area contributed by atoms with Gasteiger partial charge in [-0.2, -0.15) is 3.71 Å². The molecule has 0 aliphatic carbocycles. The molecule has 0 aromatic heterocycles. The zero-order valence-electron chi connectivity index (χ0n) is 15.7. The Morgan fingerprint density at radius 1 is 0.800 bits per heavy atom. The molecule has 0 bridgehead atoms. The van der Waals surface area contributed by atoms with E-state index < -0.39 is 31.7 Å². The summed E-state index contributed by atoms with van der Waals surface area (Å²) in [6.45, 7) is 0. The molecule has 8 nitrogen and oxygen atoms in total. The van der Waals surface area contributed by atoms with Crippen molar-refractivity contribution in [2.45, 2.75) is 9.79 Å². The number of benzene rings is 3. The van der Waals surface area contributed by atoms with E-state index in [2.05, 4.69) is 0 Å². The standard InChI is InChI=1S/C20H17NO7S2/c1-28-19-13-12-15(20(22)23)14-18(19)21(29(24,25)16-8-4-2-5-9-16)30(26,27)17-10-6-3-7-11-17/h2-14H,1H3,(H,22,23). The number of methoxy groups -OCH3 is 1. The van der Waals surface area contributed by atoms with Crippen molar-refractivity contribution in [2.75, 3.05) is 10.8 Å². The van der Waals surface area contributed by atoms with Crippen molar-refractivity contribution < 1.29 is 31.5 Å². The molecule has 0 atom stereocenters. The van der Waals surface area contributed by atoms with Crippen LogP contribution in [0.5, 0.6) is 5.75 Å². The van der Waals surface area contributed by atoms with Gasteiger partial charge in [-0.25, -0.2) is 21.6 Å². The number of sulfonamides is 2. The molecule has 0 amide bonds. The highest BCUT2D eigenvalue weighted by molar-refractivity contribution is 8.10. The van der Waals surface area contributed by atoms with Crippen LogP contribution in [0.1, 0.15) is 10.4 Å². The highest BCUT2D eigenvalue weighted by atomic mass is 32.3. The summed E-state index contributed by atoms with van der Waals surface area (Å²) >= 11 is 0. The number of carboxylic acid groups (broad SMARTS) is 1. The molecular formula is C20H17NO7S2. The maximum atomic E-state index is 13.4. The number of carboxylic acids is 1. The van der Waals surface area contributed by atoms with E-state index in [1.54, 1.807) is 12.1 Å². The van der Waals surface area contributed by atoms with E-state index in [9.17, 15) is 26.7 Å². The summed E-state index contributed by atoms with van der Waals surface area (Å²) in [6.07, 6.45) is 0. The van der Waals surface area contributed by atoms with Crippen LogP contribution in [0.25, 0.3) is 0 Å². The molecular weight excluding hydrogens is 430 g/mol. The first-order chi connectivity index (χ1) is 14.2. The zero-order valence-corrected chi connectivity index (χ0v) is 17.3. The molecule has 0 unspecified atom stereocenters. The van der Waals surface area contributed by atoms with E-state index in [4.69, 9.17) is 4.74 Å². The predicted octanol–water partition coefficient (Wildman–Crippen LogP) is 2.98. The SMILES string of the molecule is COc1ccc(C(=O)O)cc1N(S(=O)(=O)c1ccccc1)S(=O)(=O)c1ccccc1. The molecule has 0 aliphatic rings. The van der Waals surface area contributed by atoms with Crippen molar-refractivity contribution in [3.05, 3.63) is 84.4 Å². The highest BCUT2D eigenvalue weighted by Gasteiger charge is 2.39. The fourth-order valence-corrected chi connectivity index (χ4v) is 6.47. The van der Waals surface area contributed by atoms with Crippen LogP contribution in [0.2, 0.25) is 0 Å². The first-order valence-electron chi connectivity index (χ1n) is 8.51. The number of anilines is 1. The average Bonchev–Trinajstić information content (AvgIpc) is 2.74. The Morgan fingerprint density at radius 2 is 1.27 bits per heavy atom. The molecule has 1 N–H and O–H groups in total. The summed E-state index contributed by atoms with van der Waals surface area (Å²) in [5.41, 5.74) is -0.743. The fourth-order valence-electron chi connectivity index (χ4n) is 2.73. The number of hydrogen-bond donors (Lipinski definition) is 1. The average molecular weight is 447 g/mol. The molecule has 3 aromatic carbocycles. The van der Waals surface area contributed by atoms with Crippen molar-refractivity contribution >= 4 is 31.7 Å². The lowest BCUT2D eigenvalue weighted by atomic mass is 10.2. The molecule has 10 heteroatoms. The van der Waals surface area contributed by atoms with Crippen LogP contribution in [0, 0.1) is 0 Å². The van der Waals surface area contributed by atoms with Gasteiger partial charge in [-0.3, -0.25) is 0 Å².